The van der Waals surface area contributed by atoms with Crippen molar-refractivity contribution in [2.45, 2.75) is 6.42 Å². The molecule has 0 aromatic heterocycles. The molecule has 0 atom stereocenters. The average molecular weight is 331 g/mol. The van der Waals surface area contributed by atoms with Crippen LogP contribution in [0.2, 0.25) is 0 Å². The van der Waals surface area contributed by atoms with E-state index >= 15 is 0 Å². The van der Waals surface area contributed by atoms with Gasteiger partial charge < -0.3 is 10.1 Å². The maximum Gasteiger partial charge on any atom is 0.128 e. The van der Waals surface area contributed by atoms with Gasteiger partial charge in [0, 0.05) is 23.1 Å². The van der Waals surface area contributed by atoms with E-state index < -0.39 is 0 Å². The van der Waals surface area contributed by atoms with Crippen LogP contribution in [0.15, 0.2) is 58.0 Å². The van der Waals surface area contributed by atoms with Crippen molar-refractivity contribution in [3.8, 4) is 11.5 Å². The Labute approximate surface area is 126 Å². The zero-order chi connectivity index (χ0) is 13.8. The van der Waals surface area contributed by atoms with Crippen LogP contribution in [0.25, 0.3) is 0 Å². The molecule has 1 aliphatic rings. The zero-order valence-electron chi connectivity index (χ0n) is 11.0. The number of nitrogens with one attached hydrogen (secondary N) is 1. The number of rotatable bonds is 3. The van der Waals surface area contributed by atoms with Crippen molar-refractivity contribution in [3.05, 3.63) is 58.6 Å². The Morgan fingerprint density at radius 1 is 0.950 bits per heavy atom. The fourth-order valence-electron chi connectivity index (χ4n) is 2.05. The standard InChI is InChI=1S/C16H15BrN2O/c17-13-4-8-15(9-5-13)20-14-6-2-12(3-7-14)16-18-10-1-11-19-16/h2-9H,1,10-11H2,(H,18,19). The predicted octanol–water partition coefficient (Wildman–Crippen LogP) is 3.98. The number of aliphatic imine (C=N–C) groups is 1. The van der Waals surface area contributed by atoms with Crippen LogP contribution < -0.4 is 10.1 Å². The molecular formula is C16H15BrN2O. The minimum Gasteiger partial charge on any atom is -0.457 e. The Kier molecular flexibility index (Phi) is 4.02. The predicted molar refractivity (Wildman–Crippen MR) is 84.7 cm³/mol. The second-order valence-electron chi connectivity index (χ2n) is 4.59. The molecule has 3 rings (SSSR count). The van der Waals surface area contributed by atoms with E-state index in [2.05, 4.69) is 26.2 Å². The SMILES string of the molecule is Brc1ccc(Oc2ccc(C3=NCCCN3)cc2)cc1. The number of benzene rings is 2. The van der Waals surface area contributed by atoms with E-state index in [0.29, 0.717) is 0 Å². The fraction of sp³-hybridized carbons (Fsp3) is 0.188. The molecule has 102 valence electrons. The number of amidine groups is 1. The van der Waals surface area contributed by atoms with Crippen molar-refractivity contribution >= 4 is 21.8 Å². The first-order chi connectivity index (χ1) is 9.81. The van der Waals surface area contributed by atoms with Gasteiger partial charge in [-0.05, 0) is 55.0 Å². The monoisotopic (exact) mass is 330 g/mol. The van der Waals surface area contributed by atoms with Crippen LogP contribution in [0.1, 0.15) is 12.0 Å². The normalized spacial score (nSPS) is 14.3. The number of ether oxygens (including phenoxy) is 1. The lowest BCUT2D eigenvalue weighted by molar-refractivity contribution is 0.482. The highest BCUT2D eigenvalue weighted by atomic mass is 79.9. The molecule has 0 fully saturated rings. The van der Waals surface area contributed by atoms with Crippen molar-refractivity contribution in [1.82, 2.24) is 5.32 Å². The minimum atomic E-state index is 0.826. The highest BCUT2D eigenvalue weighted by molar-refractivity contribution is 9.10. The summed E-state index contributed by atoms with van der Waals surface area (Å²) in [7, 11) is 0. The topological polar surface area (TPSA) is 33.6 Å². The van der Waals surface area contributed by atoms with E-state index in [4.69, 9.17) is 4.74 Å². The highest BCUT2D eigenvalue weighted by Gasteiger charge is 2.07. The molecule has 0 radical (unpaired) electrons. The van der Waals surface area contributed by atoms with Crippen molar-refractivity contribution < 1.29 is 4.74 Å². The van der Waals surface area contributed by atoms with Gasteiger partial charge in [-0.25, -0.2) is 0 Å². The second-order valence-corrected chi connectivity index (χ2v) is 5.51. The Balaban J connectivity index is 1.72. The molecule has 1 aliphatic heterocycles. The van der Waals surface area contributed by atoms with Crippen molar-refractivity contribution in [3.63, 3.8) is 0 Å². The Bertz CT molecular complexity index is 605. The first kappa shape index (κ1) is 13.2. The Morgan fingerprint density at radius 3 is 2.20 bits per heavy atom. The molecule has 1 N–H and O–H groups in total. The molecule has 0 aliphatic carbocycles. The van der Waals surface area contributed by atoms with Gasteiger partial charge in [0.1, 0.15) is 17.3 Å². The molecule has 0 amide bonds. The summed E-state index contributed by atoms with van der Waals surface area (Å²) in [6, 6.07) is 15.8. The second kappa shape index (κ2) is 6.09. The molecule has 0 unspecified atom stereocenters. The lowest BCUT2D eigenvalue weighted by Crippen LogP contribution is -2.30. The number of hydrogen-bond acceptors (Lipinski definition) is 3. The third kappa shape index (κ3) is 3.20. The van der Waals surface area contributed by atoms with Crippen molar-refractivity contribution in [1.29, 1.82) is 0 Å². The van der Waals surface area contributed by atoms with E-state index in [1.165, 1.54) is 0 Å². The highest BCUT2D eigenvalue weighted by Crippen LogP contribution is 2.23. The van der Waals surface area contributed by atoms with E-state index in [9.17, 15) is 0 Å². The van der Waals surface area contributed by atoms with Crippen LogP contribution >= 0.6 is 15.9 Å². The smallest absolute Gasteiger partial charge is 0.128 e. The van der Waals surface area contributed by atoms with E-state index in [1.807, 2.05) is 48.5 Å². The van der Waals surface area contributed by atoms with Gasteiger partial charge in [-0.2, -0.15) is 0 Å². The summed E-state index contributed by atoms with van der Waals surface area (Å²) >= 11 is 3.41. The molecule has 3 nitrogen and oxygen atoms in total. The molecule has 0 saturated carbocycles. The zero-order valence-corrected chi connectivity index (χ0v) is 12.6. The van der Waals surface area contributed by atoms with Gasteiger partial charge in [0.05, 0.1) is 0 Å². The van der Waals surface area contributed by atoms with Crippen LogP contribution in [0.3, 0.4) is 0 Å². The average Bonchev–Trinajstić information content (AvgIpc) is 2.51. The first-order valence-electron chi connectivity index (χ1n) is 6.63. The van der Waals surface area contributed by atoms with Crippen LogP contribution in [0.5, 0.6) is 11.5 Å². The van der Waals surface area contributed by atoms with Gasteiger partial charge in [-0.3, -0.25) is 4.99 Å². The van der Waals surface area contributed by atoms with Crippen LogP contribution in [-0.4, -0.2) is 18.9 Å². The summed E-state index contributed by atoms with van der Waals surface area (Å²) in [5, 5.41) is 3.31. The molecule has 0 bridgehead atoms. The molecule has 2 aromatic carbocycles. The van der Waals surface area contributed by atoms with E-state index in [1.54, 1.807) is 0 Å². The summed E-state index contributed by atoms with van der Waals surface area (Å²) in [6.45, 7) is 1.90. The fourth-order valence-corrected chi connectivity index (χ4v) is 2.31. The van der Waals surface area contributed by atoms with Gasteiger partial charge in [0.15, 0.2) is 0 Å². The Morgan fingerprint density at radius 2 is 1.60 bits per heavy atom. The van der Waals surface area contributed by atoms with Crippen LogP contribution in [0, 0.1) is 0 Å². The third-order valence-corrected chi connectivity index (χ3v) is 3.60. The number of halogens is 1. The lowest BCUT2D eigenvalue weighted by atomic mass is 10.1. The molecule has 1 heterocycles. The summed E-state index contributed by atoms with van der Waals surface area (Å²) in [4.78, 5) is 4.48. The number of nitrogens with zero attached hydrogens (tertiary/aromatic N) is 1. The quantitative estimate of drug-likeness (QED) is 0.923. The molecule has 0 spiro atoms. The van der Waals surface area contributed by atoms with E-state index in [-0.39, 0.29) is 0 Å². The van der Waals surface area contributed by atoms with Crippen molar-refractivity contribution in [2.75, 3.05) is 13.1 Å². The summed E-state index contributed by atoms with van der Waals surface area (Å²) < 4.78 is 6.84. The lowest BCUT2D eigenvalue weighted by Gasteiger charge is -2.15. The first-order valence-corrected chi connectivity index (χ1v) is 7.43. The summed E-state index contributed by atoms with van der Waals surface area (Å²) in [5.74, 6) is 2.63. The molecule has 2 aromatic rings. The molecule has 4 heteroatoms. The van der Waals surface area contributed by atoms with Gasteiger partial charge in [0.25, 0.3) is 0 Å². The molecular weight excluding hydrogens is 316 g/mol. The van der Waals surface area contributed by atoms with E-state index in [0.717, 1.165) is 46.9 Å². The maximum atomic E-state index is 5.79. The minimum absolute atomic E-state index is 0.826. The maximum absolute atomic E-state index is 5.79. The van der Waals surface area contributed by atoms with Crippen LogP contribution in [0.4, 0.5) is 0 Å². The number of hydrogen-bond donors (Lipinski definition) is 1. The Hall–Kier alpha value is -1.81. The van der Waals surface area contributed by atoms with Crippen LogP contribution in [-0.2, 0) is 0 Å². The van der Waals surface area contributed by atoms with Gasteiger partial charge in [-0.1, -0.05) is 15.9 Å². The van der Waals surface area contributed by atoms with Gasteiger partial charge >= 0.3 is 0 Å². The molecule has 0 saturated heterocycles. The third-order valence-electron chi connectivity index (χ3n) is 3.07. The largest absolute Gasteiger partial charge is 0.457 e. The molecule has 20 heavy (non-hydrogen) atoms. The summed E-state index contributed by atoms with van der Waals surface area (Å²) in [5.41, 5.74) is 1.10. The van der Waals surface area contributed by atoms with Gasteiger partial charge in [0.2, 0.25) is 0 Å². The van der Waals surface area contributed by atoms with Gasteiger partial charge in [-0.15, -0.1) is 0 Å². The summed E-state index contributed by atoms with van der Waals surface area (Å²) in [6.07, 6.45) is 1.11. The van der Waals surface area contributed by atoms with Crippen molar-refractivity contribution in [2.24, 2.45) is 4.99 Å².